The molecule has 4 heteroatoms. The van der Waals surface area contributed by atoms with Gasteiger partial charge in [0.15, 0.2) is 5.78 Å². The van der Waals surface area contributed by atoms with Crippen LogP contribution < -0.4 is 0 Å². The monoisotopic (exact) mass is 318 g/mol. The molecule has 0 spiro atoms. The predicted molar refractivity (Wildman–Crippen MR) is 77.3 cm³/mol. The van der Waals surface area contributed by atoms with Crippen LogP contribution in [-0.4, -0.2) is 15.3 Å². The van der Waals surface area contributed by atoms with E-state index in [1.165, 1.54) is 24.2 Å². The third kappa shape index (κ3) is 2.50. The molecule has 0 bridgehead atoms. The largest absolute Gasteiger partial charge is 0.327 e. The van der Waals surface area contributed by atoms with Gasteiger partial charge < -0.3 is 4.57 Å². The lowest BCUT2D eigenvalue weighted by atomic mass is 10.0. The van der Waals surface area contributed by atoms with E-state index in [4.69, 9.17) is 0 Å². The lowest BCUT2D eigenvalue weighted by molar-refractivity contribution is 0.0970. The second kappa shape index (κ2) is 5.29. The highest BCUT2D eigenvalue weighted by Crippen LogP contribution is 2.21. The summed E-state index contributed by atoms with van der Waals surface area (Å²) in [7, 11) is 0. The van der Waals surface area contributed by atoms with Crippen LogP contribution in [0.5, 0.6) is 0 Å². The number of imidazole rings is 1. The van der Waals surface area contributed by atoms with Crippen molar-refractivity contribution in [3.05, 3.63) is 52.0 Å². The molecule has 1 aliphatic rings. The molecule has 0 unspecified atom stereocenters. The molecule has 0 aliphatic heterocycles. The van der Waals surface area contributed by atoms with E-state index >= 15 is 0 Å². The van der Waals surface area contributed by atoms with Crippen LogP contribution in [0.25, 0.3) is 0 Å². The van der Waals surface area contributed by atoms with Gasteiger partial charge in [-0.2, -0.15) is 0 Å². The lowest BCUT2D eigenvalue weighted by Gasteiger charge is -2.13. The molecule has 0 atom stereocenters. The van der Waals surface area contributed by atoms with Crippen molar-refractivity contribution >= 4 is 21.7 Å². The van der Waals surface area contributed by atoms with Gasteiger partial charge in [0.25, 0.3) is 0 Å². The van der Waals surface area contributed by atoms with Crippen LogP contribution in [0.2, 0.25) is 0 Å². The van der Waals surface area contributed by atoms with Crippen LogP contribution in [0.4, 0.5) is 0 Å². The summed E-state index contributed by atoms with van der Waals surface area (Å²) in [5.41, 5.74) is 3.15. The van der Waals surface area contributed by atoms with Crippen molar-refractivity contribution < 1.29 is 4.79 Å². The molecule has 0 N–H and O–H groups in total. The average molecular weight is 319 g/mol. The van der Waals surface area contributed by atoms with Crippen molar-refractivity contribution in [1.82, 2.24) is 9.55 Å². The minimum atomic E-state index is 0.123. The van der Waals surface area contributed by atoms with Gasteiger partial charge in [0.1, 0.15) is 0 Å². The number of carbonyl (C=O) groups excluding carboxylic acids is 1. The molecule has 0 saturated heterocycles. The van der Waals surface area contributed by atoms with Gasteiger partial charge in [-0.15, -0.1) is 0 Å². The number of nitrogens with zero attached hydrogens (tertiary/aromatic N) is 2. The van der Waals surface area contributed by atoms with E-state index in [2.05, 4.69) is 20.9 Å². The van der Waals surface area contributed by atoms with E-state index in [9.17, 15) is 4.79 Å². The van der Waals surface area contributed by atoms with E-state index in [0.29, 0.717) is 6.54 Å². The fraction of sp³-hybridized carbons (Fsp3) is 0.333. The quantitative estimate of drug-likeness (QED) is 0.813. The van der Waals surface area contributed by atoms with Crippen molar-refractivity contribution in [2.24, 2.45) is 0 Å². The van der Waals surface area contributed by atoms with E-state index in [0.717, 1.165) is 22.9 Å². The number of hydrogen-bond donors (Lipinski definition) is 0. The minimum Gasteiger partial charge on any atom is -0.327 e. The molecule has 0 saturated carbocycles. The van der Waals surface area contributed by atoms with Crippen molar-refractivity contribution in [1.29, 1.82) is 0 Å². The Balaban J connectivity index is 1.84. The number of hydrogen-bond acceptors (Lipinski definition) is 2. The van der Waals surface area contributed by atoms with Crippen LogP contribution in [0.1, 0.15) is 34.6 Å². The standard InChI is InChI=1S/C15H15BrN2O/c16-12-6-2-1-5-11(12)15(19)9-18-10-17-13-7-3-4-8-14(13)18/h1-2,5-6,10H,3-4,7-9H2. The summed E-state index contributed by atoms with van der Waals surface area (Å²) in [6, 6.07) is 7.56. The normalized spacial score (nSPS) is 14.2. The van der Waals surface area contributed by atoms with Crippen molar-refractivity contribution in [2.45, 2.75) is 32.2 Å². The second-order valence-electron chi connectivity index (χ2n) is 4.88. The number of aromatic nitrogens is 2. The van der Waals surface area contributed by atoms with Crippen LogP contribution >= 0.6 is 15.9 Å². The number of ketones is 1. The number of halogens is 1. The third-order valence-electron chi connectivity index (χ3n) is 3.60. The van der Waals surface area contributed by atoms with Crippen molar-refractivity contribution in [3.63, 3.8) is 0 Å². The topological polar surface area (TPSA) is 34.9 Å². The SMILES string of the molecule is O=C(Cn1cnc2c1CCCC2)c1ccccc1Br. The van der Waals surface area contributed by atoms with Gasteiger partial charge in [-0.1, -0.05) is 34.1 Å². The summed E-state index contributed by atoms with van der Waals surface area (Å²) in [5.74, 6) is 0.123. The molecule has 0 amide bonds. The molecular formula is C15H15BrN2O. The van der Waals surface area contributed by atoms with Gasteiger partial charge in [0.05, 0.1) is 18.6 Å². The molecule has 0 radical (unpaired) electrons. The van der Waals surface area contributed by atoms with Crippen molar-refractivity contribution in [3.8, 4) is 0 Å². The highest BCUT2D eigenvalue weighted by molar-refractivity contribution is 9.10. The number of Topliss-reactive ketones (excluding diaryl/α,β-unsaturated/α-hetero) is 1. The van der Waals surface area contributed by atoms with Gasteiger partial charge in [0, 0.05) is 15.7 Å². The maximum Gasteiger partial charge on any atom is 0.183 e. The summed E-state index contributed by atoms with van der Waals surface area (Å²) >= 11 is 3.43. The number of benzene rings is 1. The predicted octanol–water partition coefficient (Wildman–Crippen LogP) is 3.41. The third-order valence-corrected chi connectivity index (χ3v) is 4.29. The Kier molecular flexibility index (Phi) is 3.51. The van der Waals surface area contributed by atoms with E-state index in [1.807, 2.05) is 35.2 Å². The van der Waals surface area contributed by atoms with Crippen LogP contribution in [0.3, 0.4) is 0 Å². The Bertz CT molecular complexity index is 618. The zero-order valence-corrected chi connectivity index (χ0v) is 12.2. The minimum absolute atomic E-state index is 0.123. The molecule has 19 heavy (non-hydrogen) atoms. The van der Waals surface area contributed by atoms with Crippen LogP contribution in [0, 0.1) is 0 Å². The molecule has 3 nitrogen and oxygen atoms in total. The zero-order valence-electron chi connectivity index (χ0n) is 10.6. The number of rotatable bonds is 3. The fourth-order valence-electron chi connectivity index (χ4n) is 2.59. The Morgan fingerprint density at radius 2 is 2.05 bits per heavy atom. The summed E-state index contributed by atoms with van der Waals surface area (Å²) in [5, 5.41) is 0. The first-order chi connectivity index (χ1) is 9.25. The molecule has 3 rings (SSSR count). The molecule has 2 aromatic rings. The molecular weight excluding hydrogens is 304 g/mol. The van der Waals surface area contributed by atoms with Gasteiger partial charge in [-0.05, 0) is 31.7 Å². The van der Waals surface area contributed by atoms with Gasteiger partial charge in [-0.3, -0.25) is 4.79 Å². The summed E-state index contributed by atoms with van der Waals surface area (Å²) < 4.78 is 2.87. The molecule has 1 aromatic carbocycles. The molecule has 1 aliphatic carbocycles. The molecule has 0 fully saturated rings. The van der Waals surface area contributed by atoms with Gasteiger partial charge >= 0.3 is 0 Å². The summed E-state index contributed by atoms with van der Waals surface area (Å²) in [6.45, 7) is 0.380. The van der Waals surface area contributed by atoms with E-state index in [1.54, 1.807) is 0 Å². The maximum atomic E-state index is 12.3. The second-order valence-corrected chi connectivity index (χ2v) is 5.73. The fourth-order valence-corrected chi connectivity index (χ4v) is 3.10. The first kappa shape index (κ1) is 12.6. The summed E-state index contributed by atoms with van der Waals surface area (Å²) in [6.07, 6.45) is 6.30. The lowest BCUT2D eigenvalue weighted by Crippen LogP contribution is -2.14. The van der Waals surface area contributed by atoms with E-state index < -0.39 is 0 Å². The molecule has 98 valence electrons. The van der Waals surface area contributed by atoms with E-state index in [-0.39, 0.29) is 5.78 Å². The molecule has 1 heterocycles. The van der Waals surface area contributed by atoms with Crippen LogP contribution in [-0.2, 0) is 19.4 Å². The Labute approximate surface area is 120 Å². The highest BCUT2D eigenvalue weighted by atomic mass is 79.9. The number of fused-ring (bicyclic) bond motifs is 1. The Morgan fingerprint density at radius 3 is 2.89 bits per heavy atom. The van der Waals surface area contributed by atoms with Crippen molar-refractivity contribution in [2.75, 3.05) is 0 Å². The first-order valence-corrected chi connectivity index (χ1v) is 7.35. The highest BCUT2D eigenvalue weighted by Gasteiger charge is 2.17. The van der Waals surface area contributed by atoms with Gasteiger partial charge in [0.2, 0.25) is 0 Å². The summed E-state index contributed by atoms with van der Waals surface area (Å²) in [4.78, 5) is 16.8. The maximum absolute atomic E-state index is 12.3. The Hall–Kier alpha value is -1.42. The zero-order chi connectivity index (χ0) is 13.2. The Morgan fingerprint density at radius 1 is 1.26 bits per heavy atom. The molecule has 1 aromatic heterocycles. The van der Waals surface area contributed by atoms with Gasteiger partial charge in [-0.25, -0.2) is 4.98 Å². The average Bonchev–Trinajstić information content (AvgIpc) is 2.83. The number of aryl methyl sites for hydroxylation is 1. The van der Waals surface area contributed by atoms with Crippen LogP contribution in [0.15, 0.2) is 35.1 Å². The smallest absolute Gasteiger partial charge is 0.183 e. The first-order valence-electron chi connectivity index (χ1n) is 6.56. The number of carbonyl (C=O) groups is 1.